The lowest BCUT2D eigenvalue weighted by atomic mass is 10.2. The van der Waals surface area contributed by atoms with E-state index in [4.69, 9.17) is 4.74 Å². The lowest BCUT2D eigenvalue weighted by Gasteiger charge is -2.08. The maximum absolute atomic E-state index is 10.9. The van der Waals surface area contributed by atoms with E-state index < -0.39 is 4.92 Å². The molecule has 1 aromatic heterocycles. The van der Waals surface area contributed by atoms with Crippen molar-refractivity contribution in [1.82, 2.24) is 4.98 Å². The molecule has 1 N–H and O–H groups in total. The molecule has 0 atom stereocenters. The lowest BCUT2D eigenvalue weighted by molar-refractivity contribution is -0.386. The second-order valence-corrected chi connectivity index (χ2v) is 4.57. The van der Waals surface area contributed by atoms with Gasteiger partial charge in [0.1, 0.15) is 5.82 Å². The van der Waals surface area contributed by atoms with E-state index >= 15 is 0 Å². The average Bonchev–Trinajstić information content (AvgIpc) is 2.43. The maximum atomic E-state index is 10.9. The normalized spacial score (nSPS) is 10.3. The average molecular weight is 281 g/mol. The van der Waals surface area contributed by atoms with Crippen LogP contribution in [-0.4, -0.2) is 23.1 Å². The van der Waals surface area contributed by atoms with Crippen molar-refractivity contribution in [2.45, 2.75) is 46.0 Å². The molecule has 0 fully saturated rings. The van der Waals surface area contributed by atoms with Crippen LogP contribution in [0.25, 0.3) is 0 Å². The van der Waals surface area contributed by atoms with Gasteiger partial charge in [-0.3, -0.25) is 10.1 Å². The Morgan fingerprint density at radius 3 is 2.65 bits per heavy atom. The summed E-state index contributed by atoms with van der Waals surface area (Å²) >= 11 is 0. The minimum atomic E-state index is -0.463. The van der Waals surface area contributed by atoms with Gasteiger partial charge in [-0.15, -0.1) is 0 Å². The first-order chi connectivity index (χ1) is 9.69. The van der Waals surface area contributed by atoms with Crippen LogP contribution in [0.4, 0.5) is 11.5 Å². The molecule has 0 aliphatic rings. The van der Waals surface area contributed by atoms with Crippen molar-refractivity contribution in [2.75, 3.05) is 18.5 Å². The smallest absolute Gasteiger partial charge is 0.331 e. The van der Waals surface area contributed by atoms with E-state index in [0.717, 1.165) is 12.8 Å². The Morgan fingerprint density at radius 2 is 2.00 bits per heavy atom. The number of rotatable bonds is 10. The van der Waals surface area contributed by atoms with E-state index in [2.05, 4.69) is 17.2 Å². The summed E-state index contributed by atoms with van der Waals surface area (Å²) in [5.41, 5.74) is -0.0831. The Kier molecular flexibility index (Phi) is 7.39. The largest absolute Gasteiger partial charge is 0.473 e. The summed E-state index contributed by atoms with van der Waals surface area (Å²) in [7, 11) is 0. The van der Waals surface area contributed by atoms with Gasteiger partial charge in [0.25, 0.3) is 5.88 Å². The second kappa shape index (κ2) is 9.12. The van der Waals surface area contributed by atoms with Crippen LogP contribution in [0.3, 0.4) is 0 Å². The van der Waals surface area contributed by atoms with Crippen molar-refractivity contribution in [3.63, 3.8) is 0 Å². The highest BCUT2D eigenvalue weighted by Crippen LogP contribution is 2.26. The van der Waals surface area contributed by atoms with Crippen LogP contribution in [0.1, 0.15) is 46.0 Å². The number of nitrogens with one attached hydrogen (secondary N) is 1. The molecule has 0 aromatic carbocycles. The van der Waals surface area contributed by atoms with E-state index in [0.29, 0.717) is 19.0 Å². The third-order valence-corrected chi connectivity index (χ3v) is 2.88. The molecule has 0 radical (unpaired) electrons. The van der Waals surface area contributed by atoms with Gasteiger partial charge in [0.2, 0.25) is 0 Å². The van der Waals surface area contributed by atoms with Gasteiger partial charge in [-0.25, -0.2) is 0 Å². The number of hydrogen-bond acceptors (Lipinski definition) is 5. The fraction of sp³-hybridized carbons (Fsp3) is 0.643. The van der Waals surface area contributed by atoms with Gasteiger partial charge in [-0.1, -0.05) is 32.6 Å². The molecule has 0 bridgehead atoms. The van der Waals surface area contributed by atoms with Crippen LogP contribution in [0.5, 0.6) is 5.88 Å². The second-order valence-electron chi connectivity index (χ2n) is 4.57. The first kappa shape index (κ1) is 16.2. The number of hydrogen-bond donors (Lipinski definition) is 1. The summed E-state index contributed by atoms with van der Waals surface area (Å²) in [6.45, 7) is 5.28. The minimum absolute atomic E-state index is 0.0831. The van der Waals surface area contributed by atoms with Crippen LogP contribution in [0, 0.1) is 10.1 Å². The minimum Gasteiger partial charge on any atom is -0.473 e. The highest BCUT2D eigenvalue weighted by molar-refractivity contribution is 5.48. The Labute approximate surface area is 119 Å². The number of unbranched alkanes of at least 4 members (excludes halogenated alkanes) is 4. The number of nitro groups is 1. The molecule has 0 aliphatic heterocycles. The molecule has 20 heavy (non-hydrogen) atoms. The Morgan fingerprint density at radius 1 is 1.25 bits per heavy atom. The number of anilines is 1. The molecule has 1 aromatic rings. The van der Waals surface area contributed by atoms with Gasteiger partial charge in [0, 0.05) is 12.6 Å². The zero-order chi connectivity index (χ0) is 14.8. The van der Waals surface area contributed by atoms with Gasteiger partial charge in [0.15, 0.2) is 0 Å². The molecule has 6 nitrogen and oxygen atoms in total. The number of ether oxygens (including phenoxy) is 1. The van der Waals surface area contributed by atoms with Crippen molar-refractivity contribution in [3.05, 3.63) is 22.2 Å². The summed E-state index contributed by atoms with van der Waals surface area (Å²) in [4.78, 5) is 14.6. The van der Waals surface area contributed by atoms with E-state index in [1.54, 1.807) is 6.07 Å². The SMILES string of the molecule is CCCCCCCOc1nc(NCC)ccc1[N+](=O)[O-]. The highest BCUT2D eigenvalue weighted by atomic mass is 16.6. The monoisotopic (exact) mass is 281 g/mol. The van der Waals surface area contributed by atoms with Crippen LogP contribution in [-0.2, 0) is 0 Å². The molecular formula is C14H23N3O3. The molecule has 0 amide bonds. The predicted molar refractivity (Wildman–Crippen MR) is 79.3 cm³/mol. The summed E-state index contributed by atoms with van der Waals surface area (Å²) in [5, 5.41) is 13.9. The molecule has 1 rings (SSSR count). The van der Waals surface area contributed by atoms with Crippen LogP contribution in [0.15, 0.2) is 12.1 Å². The van der Waals surface area contributed by atoms with E-state index in [1.165, 1.54) is 25.3 Å². The topological polar surface area (TPSA) is 77.3 Å². The zero-order valence-electron chi connectivity index (χ0n) is 12.2. The van der Waals surface area contributed by atoms with Crippen LogP contribution >= 0.6 is 0 Å². The number of aromatic nitrogens is 1. The first-order valence-electron chi connectivity index (χ1n) is 7.21. The zero-order valence-corrected chi connectivity index (χ0v) is 12.2. The molecule has 0 aliphatic carbocycles. The van der Waals surface area contributed by atoms with Crippen LogP contribution < -0.4 is 10.1 Å². The summed E-state index contributed by atoms with van der Waals surface area (Å²) in [5.74, 6) is 0.697. The van der Waals surface area contributed by atoms with Gasteiger partial charge in [0.05, 0.1) is 11.5 Å². The number of pyridine rings is 1. The van der Waals surface area contributed by atoms with E-state index in [9.17, 15) is 10.1 Å². The van der Waals surface area contributed by atoms with Gasteiger partial charge in [-0.2, -0.15) is 4.98 Å². The lowest BCUT2D eigenvalue weighted by Crippen LogP contribution is -2.05. The first-order valence-corrected chi connectivity index (χ1v) is 7.21. The Balaban J connectivity index is 2.56. The fourth-order valence-corrected chi connectivity index (χ4v) is 1.83. The molecule has 112 valence electrons. The van der Waals surface area contributed by atoms with Gasteiger partial charge < -0.3 is 10.1 Å². The molecule has 6 heteroatoms. The van der Waals surface area contributed by atoms with Crippen molar-refractivity contribution < 1.29 is 9.66 Å². The summed E-state index contributed by atoms with van der Waals surface area (Å²) < 4.78 is 5.47. The van der Waals surface area contributed by atoms with Crippen molar-refractivity contribution in [2.24, 2.45) is 0 Å². The van der Waals surface area contributed by atoms with Crippen molar-refractivity contribution in [1.29, 1.82) is 0 Å². The number of nitrogens with zero attached hydrogens (tertiary/aromatic N) is 2. The third kappa shape index (κ3) is 5.42. The standard InChI is InChI=1S/C14H23N3O3/c1-3-5-6-7-8-11-20-14-12(17(18)19)9-10-13(16-14)15-4-2/h9-10H,3-8,11H2,1-2H3,(H,15,16). The summed E-state index contributed by atoms with van der Waals surface area (Å²) in [6, 6.07) is 3.02. The highest BCUT2D eigenvalue weighted by Gasteiger charge is 2.17. The van der Waals surface area contributed by atoms with E-state index in [1.807, 2.05) is 6.92 Å². The molecular weight excluding hydrogens is 258 g/mol. The third-order valence-electron chi connectivity index (χ3n) is 2.88. The molecule has 0 unspecified atom stereocenters. The quantitative estimate of drug-likeness (QED) is 0.401. The molecule has 1 heterocycles. The molecule has 0 spiro atoms. The maximum Gasteiger partial charge on any atom is 0.331 e. The van der Waals surface area contributed by atoms with E-state index in [-0.39, 0.29) is 11.6 Å². The predicted octanol–water partition coefficient (Wildman–Crippen LogP) is 3.77. The summed E-state index contributed by atoms with van der Waals surface area (Å²) in [6.07, 6.45) is 5.55. The van der Waals surface area contributed by atoms with Crippen LogP contribution in [0.2, 0.25) is 0 Å². The van der Waals surface area contributed by atoms with Gasteiger partial charge >= 0.3 is 5.69 Å². The Hall–Kier alpha value is -1.85. The molecule has 0 saturated carbocycles. The van der Waals surface area contributed by atoms with Gasteiger partial charge in [-0.05, 0) is 19.4 Å². The Bertz CT molecular complexity index is 424. The fourth-order valence-electron chi connectivity index (χ4n) is 1.83. The van der Waals surface area contributed by atoms with Crippen molar-refractivity contribution >= 4 is 11.5 Å². The van der Waals surface area contributed by atoms with Crippen molar-refractivity contribution in [3.8, 4) is 5.88 Å². The molecule has 0 saturated heterocycles.